The molecule has 1 heterocycles. The van der Waals surface area contributed by atoms with Crippen molar-refractivity contribution in [1.82, 2.24) is 4.72 Å². The number of rotatable bonds is 6. The first-order chi connectivity index (χ1) is 10.1. The minimum absolute atomic E-state index is 0.204. The van der Waals surface area contributed by atoms with Crippen molar-refractivity contribution in [1.29, 1.82) is 0 Å². The van der Waals surface area contributed by atoms with Crippen molar-refractivity contribution in [2.24, 2.45) is 5.92 Å². The highest BCUT2D eigenvalue weighted by Gasteiger charge is 2.40. The Morgan fingerprint density at radius 2 is 2.00 bits per heavy atom. The Balaban J connectivity index is 1.82. The average molecular weight is 310 g/mol. The third-order valence-corrected chi connectivity index (χ3v) is 5.68. The molecule has 0 amide bonds. The molecule has 2 atom stereocenters. The van der Waals surface area contributed by atoms with E-state index >= 15 is 0 Å². The van der Waals surface area contributed by atoms with Gasteiger partial charge in [-0.2, -0.15) is 0 Å². The molecule has 116 valence electrons. The number of para-hydroxylation sites is 1. The molecule has 6 heteroatoms. The minimum atomic E-state index is -3.46. The van der Waals surface area contributed by atoms with Crippen LogP contribution in [-0.2, 0) is 14.8 Å². The topological polar surface area (TPSA) is 67.4 Å². The molecule has 1 aromatic carbocycles. The Bertz CT molecular complexity index is 599. The van der Waals surface area contributed by atoms with E-state index in [0.29, 0.717) is 23.0 Å². The van der Waals surface area contributed by atoms with Gasteiger partial charge in [-0.1, -0.05) is 19.1 Å². The third-order valence-electron chi connectivity index (χ3n) is 4.07. The van der Waals surface area contributed by atoms with Crippen LogP contribution < -0.4 is 10.0 Å². The number of hydrogen-bond donors (Lipinski definition) is 2. The standard InChI is InChI=1S/C15H22N2O3S/c1-2-16-21(18,19)14-6-4-3-5-12(14)17-13-9-10-20-15(13)11-7-8-11/h3-6,11,13,15-17H,2,7-10H2,1H3. The van der Waals surface area contributed by atoms with Crippen molar-refractivity contribution in [3.8, 4) is 0 Å². The van der Waals surface area contributed by atoms with Crippen LogP contribution in [0.25, 0.3) is 0 Å². The van der Waals surface area contributed by atoms with Gasteiger partial charge in [-0.05, 0) is 37.3 Å². The smallest absolute Gasteiger partial charge is 0.242 e. The Morgan fingerprint density at radius 3 is 2.71 bits per heavy atom. The summed E-state index contributed by atoms with van der Waals surface area (Å²) >= 11 is 0. The summed E-state index contributed by atoms with van der Waals surface area (Å²) in [5.41, 5.74) is 0.666. The molecule has 1 aromatic rings. The lowest BCUT2D eigenvalue weighted by Crippen LogP contribution is -2.32. The number of anilines is 1. The van der Waals surface area contributed by atoms with E-state index in [1.54, 1.807) is 19.1 Å². The normalized spacial score (nSPS) is 26.0. The van der Waals surface area contributed by atoms with Crippen molar-refractivity contribution in [3.63, 3.8) is 0 Å². The second kappa shape index (κ2) is 5.94. The van der Waals surface area contributed by atoms with Gasteiger partial charge in [0.15, 0.2) is 0 Å². The Hall–Kier alpha value is -1.11. The van der Waals surface area contributed by atoms with Gasteiger partial charge < -0.3 is 10.1 Å². The van der Waals surface area contributed by atoms with Crippen molar-refractivity contribution < 1.29 is 13.2 Å². The van der Waals surface area contributed by atoms with Gasteiger partial charge in [0.05, 0.1) is 17.8 Å². The Morgan fingerprint density at radius 1 is 1.24 bits per heavy atom. The molecule has 0 spiro atoms. The number of benzene rings is 1. The van der Waals surface area contributed by atoms with Crippen LogP contribution in [0.15, 0.2) is 29.2 Å². The van der Waals surface area contributed by atoms with Gasteiger partial charge in [0.1, 0.15) is 4.90 Å². The van der Waals surface area contributed by atoms with Gasteiger partial charge in [-0.3, -0.25) is 0 Å². The molecule has 2 aliphatic rings. The SMILES string of the molecule is CCNS(=O)(=O)c1ccccc1NC1CCOC1C1CC1. The molecular weight excluding hydrogens is 288 g/mol. The quantitative estimate of drug-likeness (QED) is 0.843. The molecular formula is C15H22N2O3S. The van der Waals surface area contributed by atoms with E-state index in [1.165, 1.54) is 12.8 Å². The number of sulfonamides is 1. The fourth-order valence-corrected chi connectivity index (χ4v) is 4.15. The zero-order valence-electron chi connectivity index (χ0n) is 12.2. The van der Waals surface area contributed by atoms with E-state index in [-0.39, 0.29) is 12.1 Å². The lowest BCUT2D eigenvalue weighted by atomic mass is 10.1. The average Bonchev–Trinajstić information content (AvgIpc) is 3.20. The molecule has 0 bridgehead atoms. The zero-order chi connectivity index (χ0) is 14.9. The van der Waals surface area contributed by atoms with Crippen molar-refractivity contribution in [2.45, 2.75) is 43.2 Å². The minimum Gasteiger partial charge on any atom is -0.379 e. The van der Waals surface area contributed by atoms with Crippen molar-refractivity contribution in [3.05, 3.63) is 24.3 Å². The predicted molar refractivity (Wildman–Crippen MR) is 81.8 cm³/mol. The van der Waals surface area contributed by atoms with E-state index in [9.17, 15) is 8.42 Å². The molecule has 0 aromatic heterocycles. The van der Waals surface area contributed by atoms with E-state index in [2.05, 4.69) is 10.0 Å². The van der Waals surface area contributed by atoms with Gasteiger partial charge in [-0.15, -0.1) is 0 Å². The first-order valence-corrected chi connectivity index (χ1v) is 9.07. The number of ether oxygens (including phenoxy) is 1. The van der Waals surface area contributed by atoms with Crippen LogP contribution in [0.5, 0.6) is 0 Å². The van der Waals surface area contributed by atoms with Gasteiger partial charge in [0.25, 0.3) is 0 Å². The first kappa shape index (κ1) is 14.8. The molecule has 1 saturated carbocycles. The lowest BCUT2D eigenvalue weighted by molar-refractivity contribution is 0.0898. The summed E-state index contributed by atoms with van der Waals surface area (Å²) < 4.78 is 32.9. The van der Waals surface area contributed by atoms with E-state index in [4.69, 9.17) is 4.74 Å². The maximum atomic E-state index is 12.3. The highest BCUT2D eigenvalue weighted by atomic mass is 32.2. The molecule has 3 rings (SSSR count). The fourth-order valence-electron chi connectivity index (χ4n) is 2.94. The zero-order valence-corrected chi connectivity index (χ0v) is 13.0. The van der Waals surface area contributed by atoms with Gasteiger partial charge in [0, 0.05) is 13.2 Å². The van der Waals surface area contributed by atoms with Gasteiger partial charge in [0.2, 0.25) is 10.0 Å². The lowest BCUT2D eigenvalue weighted by Gasteiger charge is -2.22. The summed E-state index contributed by atoms with van der Waals surface area (Å²) in [5.74, 6) is 0.641. The summed E-state index contributed by atoms with van der Waals surface area (Å²) in [6.45, 7) is 2.91. The second-order valence-electron chi connectivity index (χ2n) is 5.71. The molecule has 1 aliphatic heterocycles. The monoisotopic (exact) mass is 310 g/mol. The summed E-state index contributed by atoms with van der Waals surface area (Å²) in [5, 5.41) is 3.40. The van der Waals surface area contributed by atoms with E-state index in [1.807, 2.05) is 12.1 Å². The maximum Gasteiger partial charge on any atom is 0.242 e. The van der Waals surface area contributed by atoms with E-state index < -0.39 is 10.0 Å². The van der Waals surface area contributed by atoms with Crippen LogP contribution in [0.2, 0.25) is 0 Å². The van der Waals surface area contributed by atoms with Crippen LogP contribution in [0.3, 0.4) is 0 Å². The van der Waals surface area contributed by atoms with Crippen LogP contribution in [-0.4, -0.2) is 33.7 Å². The number of nitrogens with one attached hydrogen (secondary N) is 2. The third kappa shape index (κ3) is 3.22. The Labute approximate surface area is 126 Å². The highest BCUT2D eigenvalue weighted by molar-refractivity contribution is 7.89. The fraction of sp³-hybridized carbons (Fsp3) is 0.600. The molecule has 5 nitrogen and oxygen atoms in total. The predicted octanol–water partition coefficient (Wildman–Crippen LogP) is 1.96. The summed E-state index contributed by atoms with van der Waals surface area (Å²) in [6, 6.07) is 7.28. The molecule has 2 unspecified atom stereocenters. The van der Waals surface area contributed by atoms with Crippen molar-refractivity contribution >= 4 is 15.7 Å². The first-order valence-electron chi connectivity index (χ1n) is 7.58. The summed E-state index contributed by atoms with van der Waals surface area (Å²) in [4.78, 5) is 0.313. The number of hydrogen-bond acceptors (Lipinski definition) is 4. The van der Waals surface area contributed by atoms with Crippen LogP contribution in [0.1, 0.15) is 26.2 Å². The summed E-state index contributed by atoms with van der Waals surface area (Å²) in [6.07, 6.45) is 3.59. The molecule has 2 N–H and O–H groups in total. The molecule has 21 heavy (non-hydrogen) atoms. The largest absolute Gasteiger partial charge is 0.379 e. The molecule has 1 saturated heterocycles. The van der Waals surface area contributed by atoms with Crippen LogP contribution in [0.4, 0.5) is 5.69 Å². The van der Waals surface area contributed by atoms with Gasteiger partial charge >= 0.3 is 0 Å². The molecule has 2 fully saturated rings. The highest BCUT2D eigenvalue weighted by Crippen LogP contribution is 2.40. The molecule has 0 radical (unpaired) electrons. The van der Waals surface area contributed by atoms with E-state index in [0.717, 1.165) is 13.0 Å². The summed E-state index contributed by atoms with van der Waals surface area (Å²) in [7, 11) is -3.46. The van der Waals surface area contributed by atoms with Crippen LogP contribution >= 0.6 is 0 Å². The van der Waals surface area contributed by atoms with Crippen molar-refractivity contribution in [2.75, 3.05) is 18.5 Å². The maximum absolute atomic E-state index is 12.3. The second-order valence-corrected chi connectivity index (χ2v) is 7.45. The van der Waals surface area contributed by atoms with Gasteiger partial charge in [-0.25, -0.2) is 13.1 Å². The molecule has 1 aliphatic carbocycles. The Kier molecular flexibility index (Phi) is 4.19. The van der Waals surface area contributed by atoms with Crippen LogP contribution in [0, 0.1) is 5.92 Å².